The lowest BCUT2D eigenvalue weighted by Gasteiger charge is -2.16. The van der Waals surface area contributed by atoms with Crippen LogP contribution < -0.4 is 11.1 Å². The summed E-state index contributed by atoms with van der Waals surface area (Å²) >= 11 is 1.75. The van der Waals surface area contributed by atoms with Crippen molar-refractivity contribution in [1.29, 1.82) is 0 Å². The highest BCUT2D eigenvalue weighted by Crippen LogP contribution is 2.30. The summed E-state index contributed by atoms with van der Waals surface area (Å²) in [6.07, 6.45) is 1.83. The second-order valence-corrected chi connectivity index (χ2v) is 8.69. The first-order chi connectivity index (χ1) is 11.2. The second-order valence-electron chi connectivity index (χ2n) is 6.84. The zero-order chi connectivity index (χ0) is 17.7. The van der Waals surface area contributed by atoms with Gasteiger partial charge in [0.25, 0.3) is 0 Å². The minimum atomic E-state index is 0. The molecule has 136 valence electrons. The van der Waals surface area contributed by atoms with Crippen molar-refractivity contribution in [3.8, 4) is 0 Å². The topological polar surface area (TPSA) is 63.3 Å². The predicted molar refractivity (Wildman–Crippen MR) is 120 cm³/mol. The second kappa shape index (κ2) is 9.43. The van der Waals surface area contributed by atoms with Gasteiger partial charge in [0.05, 0.1) is 11.6 Å². The van der Waals surface area contributed by atoms with Crippen molar-refractivity contribution in [2.24, 2.45) is 10.7 Å². The molecule has 6 heteroatoms. The third kappa shape index (κ3) is 7.64. The number of nitrogens with one attached hydrogen (secondary N) is 1. The molecular formula is C19H27IN4S. The molecular weight excluding hydrogens is 443 g/mol. The number of anilines is 1. The summed E-state index contributed by atoms with van der Waals surface area (Å²) in [5.41, 5.74) is 10.5. The number of nitrogens with zero attached hydrogens (tertiary/aromatic N) is 2. The monoisotopic (exact) mass is 470 g/mol. The summed E-state index contributed by atoms with van der Waals surface area (Å²) in [6.45, 7) is 11.2. The van der Waals surface area contributed by atoms with E-state index in [1.165, 1.54) is 11.1 Å². The van der Waals surface area contributed by atoms with Crippen LogP contribution in [0.15, 0.2) is 46.5 Å². The normalized spacial score (nSPS) is 11.8. The summed E-state index contributed by atoms with van der Waals surface area (Å²) in [4.78, 5) is 8.83. The van der Waals surface area contributed by atoms with Crippen molar-refractivity contribution in [3.63, 3.8) is 0 Å². The first kappa shape index (κ1) is 21.8. The van der Waals surface area contributed by atoms with Gasteiger partial charge in [-0.25, -0.2) is 9.98 Å². The smallest absolute Gasteiger partial charge is 0.193 e. The molecule has 1 aromatic carbocycles. The summed E-state index contributed by atoms with van der Waals surface area (Å²) in [6, 6.07) is 10.2. The number of hydrogen-bond acceptors (Lipinski definition) is 3. The molecule has 0 fully saturated rings. The van der Waals surface area contributed by atoms with Crippen LogP contribution in [0.4, 0.5) is 5.69 Å². The van der Waals surface area contributed by atoms with Crippen molar-refractivity contribution in [2.45, 2.75) is 50.9 Å². The van der Waals surface area contributed by atoms with Gasteiger partial charge in [-0.05, 0) is 54.8 Å². The van der Waals surface area contributed by atoms with Gasteiger partial charge in [0.2, 0.25) is 0 Å². The number of aliphatic imine (C=N–C) groups is 1. The Morgan fingerprint density at radius 1 is 1.16 bits per heavy atom. The third-order valence-electron chi connectivity index (χ3n) is 3.42. The highest BCUT2D eigenvalue weighted by molar-refractivity contribution is 14.0. The lowest BCUT2D eigenvalue weighted by Crippen LogP contribution is -2.22. The number of aryl methyl sites for hydroxylation is 2. The number of guanidine groups is 1. The Kier molecular flexibility index (Phi) is 8.21. The molecule has 0 saturated heterocycles. The van der Waals surface area contributed by atoms with Gasteiger partial charge in [0.15, 0.2) is 5.96 Å². The summed E-state index contributed by atoms with van der Waals surface area (Å²) in [5, 5.41) is 4.15. The van der Waals surface area contributed by atoms with E-state index in [0.29, 0.717) is 12.5 Å². The third-order valence-corrected chi connectivity index (χ3v) is 4.47. The molecule has 0 radical (unpaired) electrons. The molecule has 0 unspecified atom stereocenters. The maximum absolute atomic E-state index is 6.00. The lowest BCUT2D eigenvalue weighted by molar-refractivity contribution is 0.798. The molecule has 2 aromatic rings. The Bertz CT molecular complexity index is 738. The fourth-order valence-corrected chi connectivity index (χ4v) is 3.05. The fourth-order valence-electron chi connectivity index (χ4n) is 2.10. The Balaban J connectivity index is 0.00000312. The SMILES string of the molecule is Cc1ccc(NC(N)=NCc2ccnc(SC(C)(C)C)c2)cc1C.I. The standard InChI is InChI=1S/C19H26N4S.HI/c1-13-6-7-16(10-14(13)2)23-18(20)22-12-15-8-9-21-17(11-15)24-19(3,4)5;/h6-11H,12H2,1-5H3,(H3,20,22,23);1H. The van der Waals surface area contributed by atoms with Gasteiger partial charge in [-0.3, -0.25) is 0 Å². The zero-order valence-corrected chi connectivity index (χ0v) is 18.6. The Labute approximate surface area is 172 Å². The molecule has 0 bridgehead atoms. The van der Waals surface area contributed by atoms with Crippen LogP contribution in [-0.4, -0.2) is 15.7 Å². The lowest BCUT2D eigenvalue weighted by atomic mass is 10.1. The van der Waals surface area contributed by atoms with Crippen molar-refractivity contribution >= 4 is 47.4 Å². The van der Waals surface area contributed by atoms with Gasteiger partial charge < -0.3 is 11.1 Å². The van der Waals surface area contributed by atoms with Crippen LogP contribution in [0.25, 0.3) is 0 Å². The molecule has 0 atom stereocenters. The van der Waals surface area contributed by atoms with E-state index in [-0.39, 0.29) is 28.7 Å². The molecule has 0 spiro atoms. The number of aromatic nitrogens is 1. The Morgan fingerprint density at radius 2 is 1.88 bits per heavy atom. The minimum absolute atomic E-state index is 0. The quantitative estimate of drug-likeness (QED) is 0.281. The van der Waals surface area contributed by atoms with E-state index in [9.17, 15) is 0 Å². The van der Waals surface area contributed by atoms with Crippen molar-refractivity contribution < 1.29 is 0 Å². The molecule has 1 aromatic heterocycles. The largest absolute Gasteiger partial charge is 0.370 e. The molecule has 2 rings (SSSR count). The van der Waals surface area contributed by atoms with Crippen LogP contribution in [0, 0.1) is 13.8 Å². The van der Waals surface area contributed by atoms with Gasteiger partial charge >= 0.3 is 0 Å². The molecule has 0 aliphatic heterocycles. The van der Waals surface area contributed by atoms with Crippen LogP contribution in [-0.2, 0) is 6.54 Å². The highest BCUT2D eigenvalue weighted by atomic mass is 127. The number of pyridine rings is 1. The number of benzene rings is 1. The van der Waals surface area contributed by atoms with Gasteiger partial charge in [-0.2, -0.15) is 0 Å². The molecule has 4 nitrogen and oxygen atoms in total. The molecule has 0 saturated carbocycles. The fraction of sp³-hybridized carbons (Fsp3) is 0.368. The van der Waals surface area contributed by atoms with Crippen molar-refractivity contribution in [2.75, 3.05) is 5.32 Å². The van der Waals surface area contributed by atoms with E-state index in [2.05, 4.69) is 68.1 Å². The maximum atomic E-state index is 6.00. The van der Waals surface area contributed by atoms with E-state index >= 15 is 0 Å². The minimum Gasteiger partial charge on any atom is -0.370 e. The van der Waals surface area contributed by atoms with Crippen molar-refractivity contribution in [3.05, 3.63) is 53.2 Å². The van der Waals surface area contributed by atoms with Crippen LogP contribution in [0.2, 0.25) is 0 Å². The predicted octanol–water partition coefficient (Wildman–Crippen LogP) is 5.13. The van der Waals surface area contributed by atoms with Crippen LogP contribution >= 0.6 is 35.7 Å². The summed E-state index contributed by atoms with van der Waals surface area (Å²) in [5.74, 6) is 0.417. The molecule has 3 N–H and O–H groups in total. The van der Waals surface area contributed by atoms with E-state index in [1.807, 2.05) is 18.3 Å². The van der Waals surface area contributed by atoms with Crippen molar-refractivity contribution in [1.82, 2.24) is 4.98 Å². The van der Waals surface area contributed by atoms with E-state index in [1.54, 1.807) is 11.8 Å². The molecule has 25 heavy (non-hydrogen) atoms. The Morgan fingerprint density at radius 3 is 2.52 bits per heavy atom. The first-order valence-electron chi connectivity index (χ1n) is 8.01. The number of rotatable bonds is 4. The van der Waals surface area contributed by atoms with Gasteiger partial charge in [0.1, 0.15) is 0 Å². The summed E-state index contributed by atoms with van der Waals surface area (Å²) in [7, 11) is 0. The maximum Gasteiger partial charge on any atom is 0.193 e. The first-order valence-corrected chi connectivity index (χ1v) is 8.83. The highest BCUT2D eigenvalue weighted by Gasteiger charge is 2.13. The van der Waals surface area contributed by atoms with Crippen LogP contribution in [0.5, 0.6) is 0 Å². The van der Waals surface area contributed by atoms with Crippen LogP contribution in [0.1, 0.15) is 37.5 Å². The number of thioether (sulfide) groups is 1. The number of nitrogens with two attached hydrogens (primary N) is 1. The molecule has 0 aliphatic carbocycles. The van der Waals surface area contributed by atoms with Gasteiger partial charge in [-0.15, -0.1) is 35.7 Å². The summed E-state index contributed by atoms with van der Waals surface area (Å²) < 4.78 is 0.138. The van der Waals surface area contributed by atoms with E-state index in [0.717, 1.165) is 16.3 Å². The van der Waals surface area contributed by atoms with E-state index in [4.69, 9.17) is 5.73 Å². The average molecular weight is 470 g/mol. The molecule has 1 heterocycles. The molecule has 0 amide bonds. The molecule has 0 aliphatic rings. The number of hydrogen-bond donors (Lipinski definition) is 2. The number of halogens is 1. The zero-order valence-electron chi connectivity index (χ0n) is 15.5. The average Bonchev–Trinajstić information content (AvgIpc) is 2.48. The van der Waals surface area contributed by atoms with Crippen LogP contribution in [0.3, 0.4) is 0 Å². The van der Waals surface area contributed by atoms with E-state index < -0.39 is 0 Å². The van der Waals surface area contributed by atoms with Gasteiger partial charge in [-0.1, -0.05) is 26.8 Å². The Hall–Kier alpha value is -1.28. The van der Waals surface area contributed by atoms with Gasteiger partial charge in [0, 0.05) is 16.6 Å².